The van der Waals surface area contributed by atoms with Crippen LogP contribution >= 0.6 is 0 Å². The molecular weight excluding hydrogens is 446 g/mol. The number of fused-ring (bicyclic) bond motifs is 9. The van der Waals surface area contributed by atoms with Gasteiger partial charge in [-0.15, -0.1) is 0 Å². The Morgan fingerprint density at radius 2 is 1.03 bits per heavy atom. The van der Waals surface area contributed by atoms with E-state index in [2.05, 4.69) is 121 Å². The Hall–Kier alpha value is -4.75. The van der Waals surface area contributed by atoms with Crippen molar-refractivity contribution in [3.05, 3.63) is 139 Å². The van der Waals surface area contributed by atoms with Crippen molar-refractivity contribution < 1.29 is 0 Å². The second-order valence-electron chi connectivity index (χ2n) is 9.95. The smallest absolute Gasteiger partial charge is 0.0711 e. The maximum atomic E-state index is 4.83. The molecule has 6 aromatic carbocycles. The molecule has 1 heterocycles. The van der Waals surface area contributed by atoms with E-state index in [-0.39, 0.29) is 0 Å². The summed E-state index contributed by atoms with van der Waals surface area (Å²) in [5.74, 6) is 0. The lowest BCUT2D eigenvalue weighted by Crippen LogP contribution is -1.91. The van der Waals surface area contributed by atoms with Crippen LogP contribution < -0.4 is 0 Å². The first kappa shape index (κ1) is 20.4. The molecule has 0 aliphatic heterocycles. The van der Waals surface area contributed by atoms with Crippen LogP contribution in [0.3, 0.4) is 0 Å². The number of aromatic nitrogens is 1. The van der Waals surface area contributed by atoms with Gasteiger partial charge in [0, 0.05) is 11.8 Å². The maximum absolute atomic E-state index is 4.83. The van der Waals surface area contributed by atoms with Crippen LogP contribution in [0.25, 0.3) is 65.8 Å². The topological polar surface area (TPSA) is 12.9 Å². The van der Waals surface area contributed by atoms with E-state index in [1.165, 1.54) is 71.3 Å². The minimum absolute atomic E-state index is 0.961. The number of hydrogen-bond acceptors (Lipinski definition) is 1. The van der Waals surface area contributed by atoms with Gasteiger partial charge in [-0.2, -0.15) is 0 Å². The van der Waals surface area contributed by atoms with E-state index < -0.39 is 0 Å². The van der Waals surface area contributed by atoms with Gasteiger partial charge < -0.3 is 0 Å². The first-order valence-corrected chi connectivity index (χ1v) is 12.9. The fraction of sp³-hybridized carbons (Fsp3) is 0.0278. The summed E-state index contributed by atoms with van der Waals surface area (Å²) in [5.41, 5.74) is 10.1. The standard InChI is InChI=1S/C36H23N/c1-2-9-26-25(8-1)21-35-27(26)14-7-15-33(35)36-22-24(18-19-37-36)23-16-17-32-30-12-4-3-10-28(30)29-11-5-6-13-31(29)34(32)20-23/h1-20,22H,21H2. The average molecular weight is 470 g/mol. The Labute approximate surface area is 215 Å². The number of hydrogen-bond donors (Lipinski definition) is 0. The molecular formula is C36H23N. The Bertz CT molecular complexity index is 1980. The highest BCUT2D eigenvalue weighted by Crippen LogP contribution is 2.42. The number of pyridine rings is 1. The van der Waals surface area contributed by atoms with Crippen molar-refractivity contribution in [3.63, 3.8) is 0 Å². The van der Waals surface area contributed by atoms with E-state index in [4.69, 9.17) is 4.98 Å². The molecule has 1 aromatic heterocycles. The van der Waals surface area contributed by atoms with Crippen molar-refractivity contribution in [3.8, 4) is 33.5 Å². The van der Waals surface area contributed by atoms with Gasteiger partial charge in [0.15, 0.2) is 0 Å². The van der Waals surface area contributed by atoms with E-state index in [0.717, 1.165) is 12.1 Å². The van der Waals surface area contributed by atoms with Crippen molar-refractivity contribution in [2.75, 3.05) is 0 Å². The minimum atomic E-state index is 0.961. The first-order chi connectivity index (χ1) is 18.3. The molecule has 37 heavy (non-hydrogen) atoms. The summed E-state index contributed by atoms with van der Waals surface area (Å²) >= 11 is 0. The quantitative estimate of drug-likeness (QED) is 0.230. The van der Waals surface area contributed by atoms with Gasteiger partial charge in [0.05, 0.1) is 5.69 Å². The number of benzene rings is 6. The molecule has 0 saturated carbocycles. The van der Waals surface area contributed by atoms with Crippen LogP contribution in [-0.2, 0) is 6.42 Å². The molecule has 1 aliphatic carbocycles. The van der Waals surface area contributed by atoms with Crippen LogP contribution in [-0.4, -0.2) is 4.98 Å². The monoisotopic (exact) mass is 469 g/mol. The van der Waals surface area contributed by atoms with Crippen LogP contribution in [0.5, 0.6) is 0 Å². The molecule has 0 saturated heterocycles. The van der Waals surface area contributed by atoms with Gasteiger partial charge in [-0.05, 0) is 90.3 Å². The molecule has 0 amide bonds. The summed E-state index contributed by atoms with van der Waals surface area (Å²) in [6, 6.07) is 44.2. The average Bonchev–Trinajstić information content (AvgIpc) is 3.36. The van der Waals surface area contributed by atoms with Crippen LogP contribution in [0.15, 0.2) is 128 Å². The number of rotatable bonds is 2. The third-order valence-corrected chi connectivity index (χ3v) is 7.96. The van der Waals surface area contributed by atoms with Crippen LogP contribution in [0, 0.1) is 0 Å². The van der Waals surface area contributed by atoms with Gasteiger partial charge in [0.2, 0.25) is 0 Å². The van der Waals surface area contributed by atoms with E-state index >= 15 is 0 Å². The van der Waals surface area contributed by atoms with E-state index in [1.54, 1.807) is 0 Å². The van der Waals surface area contributed by atoms with Crippen LogP contribution in [0.4, 0.5) is 0 Å². The van der Waals surface area contributed by atoms with E-state index in [0.29, 0.717) is 0 Å². The third-order valence-electron chi connectivity index (χ3n) is 7.96. The molecule has 8 rings (SSSR count). The summed E-state index contributed by atoms with van der Waals surface area (Å²) in [6.07, 6.45) is 2.91. The van der Waals surface area contributed by atoms with Crippen molar-refractivity contribution in [1.29, 1.82) is 0 Å². The molecule has 172 valence electrons. The molecule has 1 nitrogen and oxygen atoms in total. The fourth-order valence-corrected chi connectivity index (χ4v) is 6.24. The summed E-state index contributed by atoms with van der Waals surface area (Å²) < 4.78 is 0. The molecule has 0 atom stereocenters. The largest absolute Gasteiger partial charge is 0.256 e. The zero-order valence-corrected chi connectivity index (χ0v) is 20.3. The molecule has 0 spiro atoms. The molecule has 0 fully saturated rings. The number of nitrogens with zero attached hydrogens (tertiary/aromatic N) is 1. The highest BCUT2D eigenvalue weighted by molar-refractivity contribution is 6.25. The highest BCUT2D eigenvalue weighted by Gasteiger charge is 2.21. The Balaban J connectivity index is 1.30. The normalized spacial score (nSPS) is 12.2. The molecule has 0 unspecified atom stereocenters. The Kier molecular flexibility index (Phi) is 4.35. The van der Waals surface area contributed by atoms with Crippen LogP contribution in [0.1, 0.15) is 11.1 Å². The van der Waals surface area contributed by atoms with Gasteiger partial charge in [-0.25, -0.2) is 0 Å². The predicted molar refractivity (Wildman–Crippen MR) is 156 cm³/mol. The predicted octanol–water partition coefficient (Wildman–Crippen LogP) is 9.45. The lowest BCUT2D eigenvalue weighted by atomic mass is 9.91. The second-order valence-corrected chi connectivity index (χ2v) is 9.95. The molecule has 1 aliphatic rings. The lowest BCUT2D eigenvalue weighted by Gasteiger charge is -2.13. The Morgan fingerprint density at radius 1 is 0.432 bits per heavy atom. The van der Waals surface area contributed by atoms with Crippen LogP contribution in [0.2, 0.25) is 0 Å². The summed E-state index contributed by atoms with van der Waals surface area (Å²) in [7, 11) is 0. The molecule has 0 bridgehead atoms. The summed E-state index contributed by atoms with van der Waals surface area (Å²) in [5, 5.41) is 7.80. The third kappa shape index (κ3) is 3.07. The SMILES string of the molecule is c1ccc2c(c1)Cc1c(-c3cc(-c4ccc5c6ccccc6c6ccccc6c5c4)ccn3)cccc1-2. The fourth-order valence-electron chi connectivity index (χ4n) is 6.24. The lowest BCUT2D eigenvalue weighted by molar-refractivity contribution is 1.24. The minimum Gasteiger partial charge on any atom is -0.256 e. The van der Waals surface area contributed by atoms with Gasteiger partial charge in [0.1, 0.15) is 0 Å². The van der Waals surface area contributed by atoms with Gasteiger partial charge >= 0.3 is 0 Å². The first-order valence-electron chi connectivity index (χ1n) is 12.9. The van der Waals surface area contributed by atoms with Crippen molar-refractivity contribution in [1.82, 2.24) is 4.98 Å². The van der Waals surface area contributed by atoms with Crippen molar-refractivity contribution in [2.24, 2.45) is 0 Å². The molecule has 1 heteroatoms. The zero-order valence-electron chi connectivity index (χ0n) is 20.3. The molecule has 0 N–H and O–H groups in total. The van der Waals surface area contributed by atoms with E-state index in [1.807, 2.05) is 6.20 Å². The summed E-state index contributed by atoms with van der Waals surface area (Å²) in [6.45, 7) is 0. The van der Waals surface area contributed by atoms with Gasteiger partial charge in [-0.3, -0.25) is 4.98 Å². The molecule has 7 aromatic rings. The van der Waals surface area contributed by atoms with Gasteiger partial charge in [-0.1, -0.05) is 103 Å². The highest BCUT2D eigenvalue weighted by atomic mass is 14.7. The van der Waals surface area contributed by atoms with Gasteiger partial charge in [0.25, 0.3) is 0 Å². The van der Waals surface area contributed by atoms with Crippen molar-refractivity contribution >= 4 is 32.3 Å². The van der Waals surface area contributed by atoms with Crippen molar-refractivity contribution in [2.45, 2.75) is 6.42 Å². The summed E-state index contributed by atoms with van der Waals surface area (Å²) in [4.78, 5) is 4.83. The zero-order chi connectivity index (χ0) is 24.3. The molecule has 0 radical (unpaired) electrons. The Morgan fingerprint density at radius 3 is 1.81 bits per heavy atom. The maximum Gasteiger partial charge on any atom is 0.0711 e. The second kappa shape index (κ2) is 7.88. The van der Waals surface area contributed by atoms with E-state index in [9.17, 15) is 0 Å².